The standard InChI is InChI=1S/C19H22Br2/c1-14-5-4-6-18(10-14)19(12-20,13-21)11-17-8-15(2)7-16(3)9-17/h4-10H,11-13H2,1-3H3. The molecule has 0 bridgehead atoms. The molecule has 2 heteroatoms. The van der Waals surface area contributed by atoms with Crippen LogP contribution in [0.15, 0.2) is 42.5 Å². The van der Waals surface area contributed by atoms with Gasteiger partial charge in [0.15, 0.2) is 0 Å². The SMILES string of the molecule is Cc1cc(C)cc(CC(CBr)(CBr)c2cccc(C)c2)c1. The predicted molar refractivity (Wildman–Crippen MR) is 100 cm³/mol. The molecule has 2 aromatic rings. The Kier molecular flexibility index (Phi) is 5.67. The Morgan fingerprint density at radius 1 is 0.810 bits per heavy atom. The summed E-state index contributed by atoms with van der Waals surface area (Å²) < 4.78 is 0. The highest BCUT2D eigenvalue weighted by atomic mass is 79.9. The van der Waals surface area contributed by atoms with Gasteiger partial charge in [-0.15, -0.1) is 0 Å². The van der Waals surface area contributed by atoms with Crippen LogP contribution in [0, 0.1) is 20.8 Å². The number of hydrogen-bond donors (Lipinski definition) is 0. The quantitative estimate of drug-likeness (QED) is 0.540. The number of halogens is 2. The van der Waals surface area contributed by atoms with Crippen molar-refractivity contribution in [2.24, 2.45) is 0 Å². The maximum atomic E-state index is 3.76. The van der Waals surface area contributed by atoms with E-state index in [1.165, 1.54) is 27.8 Å². The lowest BCUT2D eigenvalue weighted by Gasteiger charge is -2.31. The van der Waals surface area contributed by atoms with E-state index < -0.39 is 0 Å². The van der Waals surface area contributed by atoms with Crippen molar-refractivity contribution in [1.29, 1.82) is 0 Å². The molecule has 0 aliphatic rings. The maximum Gasteiger partial charge on any atom is 0.0187 e. The van der Waals surface area contributed by atoms with Crippen LogP contribution in [0.25, 0.3) is 0 Å². The third kappa shape index (κ3) is 3.98. The molecule has 0 spiro atoms. The zero-order valence-electron chi connectivity index (χ0n) is 12.9. The normalized spacial score (nSPS) is 11.7. The average molecular weight is 410 g/mol. The Bertz CT molecular complexity index is 592. The number of aryl methyl sites for hydroxylation is 3. The van der Waals surface area contributed by atoms with Gasteiger partial charge in [0.2, 0.25) is 0 Å². The summed E-state index contributed by atoms with van der Waals surface area (Å²) in [5.41, 5.74) is 6.90. The molecule has 0 atom stereocenters. The molecule has 0 fully saturated rings. The Hall–Kier alpha value is -0.600. The molecular formula is C19H22Br2. The minimum absolute atomic E-state index is 0.0895. The highest BCUT2D eigenvalue weighted by Crippen LogP contribution is 2.33. The van der Waals surface area contributed by atoms with E-state index in [9.17, 15) is 0 Å². The molecule has 0 aliphatic carbocycles. The molecule has 0 radical (unpaired) electrons. The molecule has 2 rings (SSSR count). The smallest absolute Gasteiger partial charge is 0.0187 e. The molecule has 0 aromatic heterocycles. The van der Waals surface area contributed by atoms with Crippen LogP contribution in [0.1, 0.15) is 27.8 Å². The maximum absolute atomic E-state index is 3.76. The lowest BCUT2D eigenvalue weighted by molar-refractivity contribution is 0.550. The zero-order chi connectivity index (χ0) is 15.5. The van der Waals surface area contributed by atoms with Crippen molar-refractivity contribution in [1.82, 2.24) is 0 Å². The Balaban J connectivity index is 2.42. The van der Waals surface area contributed by atoms with E-state index in [1.807, 2.05) is 0 Å². The molecule has 0 heterocycles. The summed E-state index contributed by atoms with van der Waals surface area (Å²) in [6, 6.07) is 15.7. The average Bonchev–Trinajstić information content (AvgIpc) is 2.44. The fourth-order valence-corrected chi connectivity index (χ4v) is 4.90. The van der Waals surface area contributed by atoms with Gasteiger partial charge in [-0.1, -0.05) is 91.0 Å². The molecule has 0 N–H and O–H groups in total. The van der Waals surface area contributed by atoms with E-state index in [2.05, 4.69) is 95.1 Å². The van der Waals surface area contributed by atoms with Gasteiger partial charge in [-0.05, 0) is 38.3 Å². The minimum atomic E-state index is 0.0895. The highest BCUT2D eigenvalue weighted by molar-refractivity contribution is 9.09. The molecule has 112 valence electrons. The van der Waals surface area contributed by atoms with Gasteiger partial charge >= 0.3 is 0 Å². The Labute approximate surface area is 145 Å². The van der Waals surface area contributed by atoms with Crippen molar-refractivity contribution in [3.63, 3.8) is 0 Å². The zero-order valence-corrected chi connectivity index (χ0v) is 16.1. The molecule has 0 unspecified atom stereocenters. The van der Waals surface area contributed by atoms with Crippen LogP contribution < -0.4 is 0 Å². The van der Waals surface area contributed by atoms with E-state index in [0.29, 0.717) is 0 Å². The first-order valence-electron chi connectivity index (χ1n) is 7.25. The summed E-state index contributed by atoms with van der Waals surface area (Å²) in [6.45, 7) is 6.51. The molecule has 0 amide bonds. The highest BCUT2D eigenvalue weighted by Gasteiger charge is 2.30. The van der Waals surface area contributed by atoms with Gasteiger partial charge in [-0.25, -0.2) is 0 Å². The van der Waals surface area contributed by atoms with Crippen molar-refractivity contribution in [3.05, 3.63) is 70.3 Å². The summed E-state index contributed by atoms with van der Waals surface area (Å²) in [7, 11) is 0. The van der Waals surface area contributed by atoms with Crippen LogP contribution >= 0.6 is 31.9 Å². The fraction of sp³-hybridized carbons (Fsp3) is 0.368. The first-order chi connectivity index (χ1) is 9.99. The van der Waals surface area contributed by atoms with Crippen LogP contribution in [0.4, 0.5) is 0 Å². The molecule has 2 aromatic carbocycles. The second kappa shape index (κ2) is 7.11. The molecule has 0 saturated heterocycles. The van der Waals surface area contributed by atoms with E-state index in [1.54, 1.807) is 0 Å². The third-order valence-corrected chi connectivity index (χ3v) is 6.11. The van der Waals surface area contributed by atoms with Crippen molar-refractivity contribution < 1.29 is 0 Å². The summed E-state index contributed by atoms with van der Waals surface area (Å²) in [6.07, 6.45) is 1.04. The molecule has 0 saturated carbocycles. The summed E-state index contributed by atoms with van der Waals surface area (Å²) in [4.78, 5) is 0. The van der Waals surface area contributed by atoms with E-state index in [-0.39, 0.29) is 5.41 Å². The van der Waals surface area contributed by atoms with Crippen LogP contribution in [0.5, 0.6) is 0 Å². The Morgan fingerprint density at radius 3 is 1.95 bits per heavy atom. The lowest BCUT2D eigenvalue weighted by atomic mass is 9.78. The van der Waals surface area contributed by atoms with Crippen molar-refractivity contribution in [3.8, 4) is 0 Å². The second-order valence-electron chi connectivity index (χ2n) is 6.09. The van der Waals surface area contributed by atoms with Gasteiger partial charge in [0.25, 0.3) is 0 Å². The molecule has 0 aliphatic heterocycles. The first-order valence-corrected chi connectivity index (χ1v) is 9.50. The number of benzene rings is 2. The molecule has 21 heavy (non-hydrogen) atoms. The fourth-order valence-electron chi connectivity index (χ4n) is 2.92. The van der Waals surface area contributed by atoms with Gasteiger partial charge in [-0.3, -0.25) is 0 Å². The van der Waals surface area contributed by atoms with Crippen LogP contribution in [0.3, 0.4) is 0 Å². The lowest BCUT2D eigenvalue weighted by Crippen LogP contribution is -2.33. The van der Waals surface area contributed by atoms with E-state index in [4.69, 9.17) is 0 Å². The summed E-state index contributed by atoms with van der Waals surface area (Å²) >= 11 is 7.52. The number of alkyl halides is 2. The van der Waals surface area contributed by atoms with Crippen LogP contribution in [-0.2, 0) is 11.8 Å². The largest absolute Gasteiger partial charge is 0.0918 e. The van der Waals surface area contributed by atoms with Gasteiger partial charge in [-0.2, -0.15) is 0 Å². The second-order valence-corrected chi connectivity index (χ2v) is 7.21. The van der Waals surface area contributed by atoms with Gasteiger partial charge in [0.05, 0.1) is 0 Å². The van der Waals surface area contributed by atoms with Crippen LogP contribution in [-0.4, -0.2) is 10.7 Å². The summed E-state index contributed by atoms with van der Waals surface area (Å²) in [5.74, 6) is 0. The molecule has 0 nitrogen and oxygen atoms in total. The predicted octanol–water partition coefficient (Wildman–Crippen LogP) is 5.88. The molecular weight excluding hydrogens is 388 g/mol. The van der Waals surface area contributed by atoms with Gasteiger partial charge < -0.3 is 0 Å². The Morgan fingerprint density at radius 2 is 1.43 bits per heavy atom. The number of rotatable bonds is 5. The van der Waals surface area contributed by atoms with Gasteiger partial charge in [0, 0.05) is 16.1 Å². The minimum Gasteiger partial charge on any atom is -0.0918 e. The van der Waals surface area contributed by atoms with Crippen LogP contribution in [0.2, 0.25) is 0 Å². The van der Waals surface area contributed by atoms with E-state index in [0.717, 1.165) is 17.1 Å². The monoisotopic (exact) mass is 408 g/mol. The third-order valence-electron chi connectivity index (χ3n) is 3.97. The van der Waals surface area contributed by atoms with Crippen molar-refractivity contribution in [2.75, 3.05) is 10.7 Å². The van der Waals surface area contributed by atoms with E-state index >= 15 is 0 Å². The van der Waals surface area contributed by atoms with Crippen molar-refractivity contribution in [2.45, 2.75) is 32.6 Å². The first kappa shape index (κ1) is 16.8. The van der Waals surface area contributed by atoms with Gasteiger partial charge in [0.1, 0.15) is 0 Å². The summed E-state index contributed by atoms with van der Waals surface area (Å²) in [5, 5.41) is 1.89. The van der Waals surface area contributed by atoms with Crippen molar-refractivity contribution >= 4 is 31.9 Å². The topological polar surface area (TPSA) is 0 Å². The number of hydrogen-bond acceptors (Lipinski definition) is 0.